The average molecular weight is 408 g/mol. The molecule has 30 heavy (non-hydrogen) atoms. The van der Waals surface area contributed by atoms with Crippen LogP contribution in [0.4, 0.5) is 5.69 Å². The summed E-state index contributed by atoms with van der Waals surface area (Å²) in [6.07, 6.45) is 4.55. The van der Waals surface area contributed by atoms with Crippen LogP contribution in [0.3, 0.4) is 0 Å². The van der Waals surface area contributed by atoms with Gasteiger partial charge in [-0.25, -0.2) is 4.79 Å². The van der Waals surface area contributed by atoms with Crippen molar-refractivity contribution in [2.24, 2.45) is 0 Å². The van der Waals surface area contributed by atoms with E-state index in [0.29, 0.717) is 16.9 Å². The molecule has 0 aliphatic heterocycles. The van der Waals surface area contributed by atoms with E-state index in [4.69, 9.17) is 4.42 Å². The van der Waals surface area contributed by atoms with E-state index < -0.39 is 11.9 Å². The van der Waals surface area contributed by atoms with E-state index >= 15 is 0 Å². The Balaban J connectivity index is 0.00000256. The van der Waals surface area contributed by atoms with Crippen molar-refractivity contribution in [1.29, 1.82) is 0 Å². The Morgan fingerprint density at radius 1 is 0.867 bits per heavy atom. The number of hydrogen-bond acceptors (Lipinski definition) is 4. The molecule has 2 N–H and O–H groups in total. The molecule has 4 rings (SSSR count). The average Bonchev–Trinajstić information content (AvgIpc) is 3.29. The molecule has 0 fully saturated rings. The summed E-state index contributed by atoms with van der Waals surface area (Å²) in [5.74, 6) is -0.995. The first-order valence-electron chi connectivity index (χ1n) is 8.85. The number of hydrogen-bond donors (Lipinski definition) is 2. The molecule has 0 radical (unpaired) electrons. The number of carboxylic acids is 1. The molecule has 0 aliphatic carbocycles. The first-order chi connectivity index (χ1) is 14.1. The van der Waals surface area contributed by atoms with Gasteiger partial charge in [-0.3, -0.25) is 9.78 Å². The minimum atomic E-state index is -1.12. The monoisotopic (exact) mass is 408 g/mol. The van der Waals surface area contributed by atoms with Crippen molar-refractivity contribution in [3.05, 3.63) is 96.5 Å². The number of rotatable bonds is 5. The van der Waals surface area contributed by atoms with E-state index in [-0.39, 0.29) is 40.8 Å². The second kappa shape index (κ2) is 9.54. The van der Waals surface area contributed by atoms with Crippen LogP contribution in [0.2, 0.25) is 0 Å². The van der Waals surface area contributed by atoms with E-state index in [2.05, 4.69) is 10.3 Å². The molecule has 2 heterocycles. The number of nitrogens with zero attached hydrogens (tertiary/aromatic N) is 1. The van der Waals surface area contributed by atoms with Gasteiger partial charge in [-0.2, -0.15) is 0 Å². The van der Waals surface area contributed by atoms with Crippen molar-refractivity contribution < 1.29 is 19.1 Å². The van der Waals surface area contributed by atoms with E-state index in [1.165, 1.54) is 18.5 Å². The standard InChI is InChI=1S/C23H16N2O4.Na.H/c26-22(18-11-17(13-24-14-18)21-7-4-10-29-21)25-20-12-16(8-9-19(20)23(27)28)15-5-2-1-3-6-15;;/h1-14H,(H,25,26)(H,27,28);;. The normalized spacial score (nSPS) is 10.1. The van der Waals surface area contributed by atoms with Crippen LogP contribution < -0.4 is 5.32 Å². The first kappa shape index (κ1) is 21.5. The summed E-state index contributed by atoms with van der Waals surface area (Å²) in [5.41, 5.74) is 2.88. The Kier molecular flexibility index (Phi) is 6.84. The van der Waals surface area contributed by atoms with Crippen LogP contribution in [0.5, 0.6) is 0 Å². The summed E-state index contributed by atoms with van der Waals surface area (Å²) in [7, 11) is 0. The van der Waals surface area contributed by atoms with Gasteiger partial charge in [0.2, 0.25) is 0 Å². The van der Waals surface area contributed by atoms with Crippen molar-refractivity contribution in [1.82, 2.24) is 4.98 Å². The molecule has 0 bridgehead atoms. The van der Waals surface area contributed by atoms with E-state index in [1.54, 1.807) is 36.5 Å². The van der Waals surface area contributed by atoms with Crippen molar-refractivity contribution in [3.63, 3.8) is 0 Å². The maximum absolute atomic E-state index is 12.8. The number of pyridine rings is 1. The number of amides is 1. The Bertz CT molecular complexity index is 1180. The van der Waals surface area contributed by atoms with Crippen LogP contribution >= 0.6 is 0 Å². The Labute approximate surface area is 194 Å². The van der Waals surface area contributed by atoms with Crippen molar-refractivity contribution in [2.75, 3.05) is 5.32 Å². The van der Waals surface area contributed by atoms with Gasteiger partial charge in [0.05, 0.1) is 23.1 Å². The predicted molar refractivity (Wildman–Crippen MR) is 116 cm³/mol. The third-order valence-corrected chi connectivity index (χ3v) is 4.41. The van der Waals surface area contributed by atoms with Gasteiger partial charge in [-0.05, 0) is 41.5 Å². The molecule has 6 nitrogen and oxygen atoms in total. The molecule has 0 saturated heterocycles. The van der Waals surface area contributed by atoms with Crippen LogP contribution in [-0.2, 0) is 0 Å². The number of carbonyl (C=O) groups excluding carboxylic acids is 1. The molecule has 0 spiro atoms. The summed E-state index contributed by atoms with van der Waals surface area (Å²) in [4.78, 5) is 28.5. The Morgan fingerprint density at radius 2 is 1.67 bits per heavy atom. The van der Waals surface area contributed by atoms with Gasteiger partial charge in [0.1, 0.15) is 5.76 Å². The van der Waals surface area contributed by atoms with E-state index in [9.17, 15) is 14.7 Å². The number of aromatic nitrogens is 1. The number of anilines is 1. The number of furan rings is 1. The van der Waals surface area contributed by atoms with Crippen molar-refractivity contribution in [3.8, 4) is 22.5 Å². The van der Waals surface area contributed by atoms with Gasteiger partial charge in [0.15, 0.2) is 0 Å². The topological polar surface area (TPSA) is 92.4 Å². The fourth-order valence-corrected chi connectivity index (χ4v) is 2.98. The molecule has 7 heteroatoms. The predicted octanol–water partition coefficient (Wildman–Crippen LogP) is 4.31. The fraction of sp³-hybridized carbons (Fsp3) is 0. The molecular formula is C23H17N2NaO4. The molecule has 0 aliphatic rings. The van der Waals surface area contributed by atoms with Gasteiger partial charge >= 0.3 is 35.5 Å². The van der Waals surface area contributed by atoms with Crippen molar-refractivity contribution >= 4 is 47.1 Å². The van der Waals surface area contributed by atoms with Crippen LogP contribution in [0.1, 0.15) is 20.7 Å². The molecule has 2 aromatic carbocycles. The molecule has 1 amide bonds. The molecule has 144 valence electrons. The number of carboxylic acid groups (broad SMARTS) is 1. The third-order valence-electron chi connectivity index (χ3n) is 4.41. The van der Waals surface area contributed by atoms with Crippen LogP contribution in [-0.4, -0.2) is 51.5 Å². The molecule has 2 aromatic heterocycles. The molecule has 0 atom stereocenters. The summed E-state index contributed by atoms with van der Waals surface area (Å²) in [6, 6.07) is 19.5. The second-order valence-corrected chi connectivity index (χ2v) is 6.33. The second-order valence-electron chi connectivity index (χ2n) is 6.33. The van der Waals surface area contributed by atoms with Crippen LogP contribution in [0.25, 0.3) is 22.5 Å². The third kappa shape index (κ3) is 4.68. The molecule has 0 unspecified atom stereocenters. The summed E-state index contributed by atoms with van der Waals surface area (Å²) in [5, 5.41) is 12.2. The number of nitrogens with one attached hydrogen (secondary N) is 1. The minimum absolute atomic E-state index is 0. The summed E-state index contributed by atoms with van der Waals surface area (Å²) in [6.45, 7) is 0. The molecule has 4 aromatic rings. The zero-order chi connectivity index (χ0) is 20.2. The quantitative estimate of drug-likeness (QED) is 0.480. The molecule has 0 saturated carbocycles. The Hall–Kier alpha value is -3.19. The van der Waals surface area contributed by atoms with Gasteiger partial charge < -0.3 is 14.8 Å². The number of benzene rings is 2. The SMILES string of the molecule is O=C(Nc1cc(-c2ccccc2)ccc1C(=O)O)c1cncc(-c2ccco2)c1.[NaH]. The van der Waals surface area contributed by atoms with Crippen molar-refractivity contribution in [2.45, 2.75) is 0 Å². The Morgan fingerprint density at radius 3 is 2.37 bits per heavy atom. The molecular weight excluding hydrogens is 391 g/mol. The summed E-state index contributed by atoms with van der Waals surface area (Å²) >= 11 is 0. The maximum atomic E-state index is 12.8. The van der Waals surface area contributed by atoms with Crippen LogP contribution in [0, 0.1) is 0 Å². The summed E-state index contributed by atoms with van der Waals surface area (Å²) < 4.78 is 5.34. The van der Waals surface area contributed by atoms with E-state index in [0.717, 1.165) is 11.1 Å². The van der Waals surface area contributed by atoms with Gasteiger partial charge in [-0.15, -0.1) is 0 Å². The zero-order valence-corrected chi connectivity index (χ0v) is 15.2. The van der Waals surface area contributed by atoms with E-state index in [1.807, 2.05) is 30.3 Å². The van der Waals surface area contributed by atoms with Gasteiger partial charge in [0.25, 0.3) is 5.91 Å². The fourth-order valence-electron chi connectivity index (χ4n) is 2.98. The van der Waals surface area contributed by atoms with Gasteiger partial charge in [0, 0.05) is 18.0 Å². The van der Waals surface area contributed by atoms with Crippen LogP contribution in [0.15, 0.2) is 89.8 Å². The first-order valence-corrected chi connectivity index (χ1v) is 8.85. The number of carbonyl (C=O) groups is 2. The number of aromatic carboxylic acids is 1. The van der Waals surface area contributed by atoms with Gasteiger partial charge in [-0.1, -0.05) is 36.4 Å². The zero-order valence-electron chi connectivity index (χ0n) is 15.2.